The largest absolute Gasteiger partial charge is 0.353 e. The maximum Gasteiger partial charge on any atom is 0.255 e. The molecule has 0 saturated carbocycles. The number of thioether (sulfide) groups is 1. The van der Waals surface area contributed by atoms with Crippen LogP contribution >= 0.6 is 11.8 Å². The highest BCUT2D eigenvalue weighted by Gasteiger charge is 2.39. The molecule has 204 valence electrons. The van der Waals surface area contributed by atoms with Gasteiger partial charge in [0.25, 0.3) is 5.91 Å². The summed E-state index contributed by atoms with van der Waals surface area (Å²) in [5.41, 5.74) is 4.02. The van der Waals surface area contributed by atoms with Crippen LogP contribution in [0.1, 0.15) is 52.9 Å². The summed E-state index contributed by atoms with van der Waals surface area (Å²) in [6.45, 7) is 7.09. The fraction of sp³-hybridized carbons (Fsp3) is 0.536. The van der Waals surface area contributed by atoms with Crippen molar-refractivity contribution in [2.24, 2.45) is 0 Å². The van der Waals surface area contributed by atoms with Gasteiger partial charge in [0.15, 0.2) is 0 Å². The van der Waals surface area contributed by atoms with Gasteiger partial charge in [-0.25, -0.2) is 4.98 Å². The van der Waals surface area contributed by atoms with Crippen LogP contribution in [0.2, 0.25) is 0 Å². The van der Waals surface area contributed by atoms with E-state index in [0.717, 1.165) is 75.3 Å². The number of nitrogens with zero attached hydrogens (tertiary/aromatic N) is 6. The molecule has 11 heteroatoms. The van der Waals surface area contributed by atoms with Gasteiger partial charge < -0.3 is 14.7 Å². The third-order valence-electron chi connectivity index (χ3n) is 8.55. The molecule has 0 bridgehead atoms. The molecule has 10 nitrogen and oxygen atoms in total. The topological polar surface area (TPSA) is 102 Å². The fourth-order valence-electron chi connectivity index (χ4n) is 6.41. The van der Waals surface area contributed by atoms with E-state index in [9.17, 15) is 14.4 Å². The number of carbonyl (C=O) groups is 3. The van der Waals surface area contributed by atoms with Crippen LogP contribution in [0.4, 0.5) is 11.8 Å². The molecule has 5 aliphatic rings. The zero-order chi connectivity index (χ0) is 26.5. The first-order chi connectivity index (χ1) is 19.0. The van der Waals surface area contributed by atoms with Gasteiger partial charge in [-0.2, -0.15) is 4.98 Å². The van der Waals surface area contributed by atoms with E-state index in [-0.39, 0.29) is 24.1 Å². The third-order valence-corrected chi connectivity index (χ3v) is 9.66. The standard InChI is InChI=1S/C28H33N7O3S/c36-23-6-5-22(26(37)30-23)35-17-19-15-18(3-4-20(19)27(35)38)16-32-10-12-33(13-11-32)25-24-21(7-14-39-24)29-28(31-25)34-8-1-2-9-34/h3-4,15,22H,1-2,5-14,16-17H2,(H,30,36,37). The van der Waals surface area contributed by atoms with E-state index in [0.29, 0.717) is 18.5 Å². The number of piperazine rings is 1. The second kappa shape index (κ2) is 10.1. The first-order valence-electron chi connectivity index (χ1n) is 14.1. The molecule has 1 atom stereocenters. The number of aromatic nitrogens is 2. The van der Waals surface area contributed by atoms with Crippen LogP contribution in [0.5, 0.6) is 0 Å². The Hall–Kier alpha value is -3.18. The lowest BCUT2D eigenvalue weighted by Gasteiger charge is -2.36. The van der Waals surface area contributed by atoms with Gasteiger partial charge in [0.05, 0.1) is 10.6 Å². The number of fused-ring (bicyclic) bond motifs is 2. The summed E-state index contributed by atoms with van der Waals surface area (Å²) >= 11 is 1.89. The van der Waals surface area contributed by atoms with E-state index in [4.69, 9.17) is 9.97 Å². The molecule has 7 rings (SSSR count). The van der Waals surface area contributed by atoms with Gasteiger partial charge in [0.1, 0.15) is 11.9 Å². The Morgan fingerprint density at radius 3 is 2.56 bits per heavy atom. The number of anilines is 2. The Morgan fingerprint density at radius 1 is 0.949 bits per heavy atom. The normalized spacial score (nSPS) is 23.4. The predicted molar refractivity (Wildman–Crippen MR) is 148 cm³/mol. The monoisotopic (exact) mass is 547 g/mol. The Kier molecular flexibility index (Phi) is 6.43. The Morgan fingerprint density at radius 2 is 1.77 bits per heavy atom. The quantitative estimate of drug-likeness (QED) is 0.562. The summed E-state index contributed by atoms with van der Waals surface area (Å²) in [6.07, 6.45) is 4.11. The molecule has 0 spiro atoms. The summed E-state index contributed by atoms with van der Waals surface area (Å²) in [7, 11) is 0. The van der Waals surface area contributed by atoms with Crippen molar-refractivity contribution in [1.29, 1.82) is 0 Å². The van der Waals surface area contributed by atoms with E-state index < -0.39 is 6.04 Å². The number of carbonyl (C=O) groups excluding carboxylic acids is 3. The van der Waals surface area contributed by atoms with Crippen molar-refractivity contribution >= 4 is 41.2 Å². The number of hydrogen-bond acceptors (Lipinski definition) is 9. The molecule has 39 heavy (non-hydrogen) atoms. The van der Waals surface area contributed by atoms with Crippen molar-refractivity contribution in [2.75, 3.05) is 54.8 Å². The van der Waals surface area contributed by atoms with Gasteiger partial charge in [-0.15, -0.1) is 11.8 Å². The highest BCUT2D eigenvalue weighted by molar-refractivity contribution is 7.99. The number of hydrogen-bond donors (Lipinski definition) is 1. The van der Waals surface area contributed by atoms with Crippen LogP contribution in [0.15, 0.2) is 23.1 Å². The van der Waals surface area contributed by atoms with Crippen molar-refractivity contribution in [2.45, 2.75) is 56.1 Å². The average Bonchev–Trinajstić information content (AvgIpc) is 3.70. The zero-order valence-corrected chi connectivity index (χ0v) is 22.8. The van der Waals surface area contributed by atoms with Crippen molar-refractivity contribution in [3.05, 3.63) is 40.6 Å². The number of aryl methyl sites for hydroxylation is 1. The molecular weight excluding hydrogens is 514 g/mol. The number of amides is 3. The first kappa shape index (κ1) is 24.8. The SMILES string of the molecule is O=C1CCC(N2Cc3cc(CN4CCN(c5nc(N6CCCC6)nc6c5SCC6)CC4)ccc3C2=O)C(=O)N1. The minimum Gasteiger partial charge on any atom is -0.353 e. The van der Waals surface area contributed by atoms with E-state index in [2.05, 4.69) is 26.1 Å². The Bertz CT molecular complexity index is 1340. The first-order valence-corrected chi connectivity index (χ1v) is 15.0. The summed E-state index contributed by atoms with van der Waals surface area (Å²) in [5, 5.41) is 2.37. The average molecular weight is 548 g/mol. The molecule has 1 unspecified atom stereocenters. The van der Waals surface area contributed by atoms with E-state index in [1.54, 1.807) is 4.90 Å². The van der Waals surface area contributed by atoms with Crippen LogP contribution in [-0.2, 0) is 29.1 Å². The molecule has 3 amide bonds. The lowest BCUT2D eigenvalue weighted by molar-refractivity contribution is -0.136. The maximum absolute atomic E-state index is 13.0. The molecule has 2 aromatic rings. The zero-order valence-electron chi connectivity index (χ0n) is 22.0. The van der Waals surface area contributed by atoms with E-state index >= 15 is 0 Å². The van der Waals surface area contributed by atoms with Crippen molar-refractivity contribution < 1.29 is 14.4 Å². The molecule has 3 saturated heterocycles. The third kappa shape index (κ3) is 4.65. The molecule has 1 N–H and O–H groups in total. The molecule has 1 aromatic carbocycles. The van der Waals surface area contributed by atoms with Crippen LogP contribution in [0.3, 0.4) is 0 Å². The highest BCUT2D eigenvalue weighted by atomic mass is 32.2. The molecule has 0 radical (unpaired) electrons. The summed E-state index contributed by atoms with van der Waals surface area (Å²) in [6, 6.07) is 5.47. The number of rotatable bonds is 5. The van der Waals surface area contributed by atoms with Crippen LogP contribution in [0, 0.1) is 0 Å². The van der Waals surface area contributed by atoms with Crippen molar-refractivity contribution in [3.63, 3.8) is 0 Å². The Balaban J connectivity index is 1.01. The van der Waals surface area contributed by atoms with Gasteiger partial charge in [0.2, 0.25) is 17.8 Å². The Labute approximate surface area is 232 Å². The number of nitrogens with one attached hydrogen (secondary N) is 1. The summed E-state index contributed by atoms with van der Waals surface area (Å²) in [5.74, 6) is 2.35. The number of benzene rings is 1. The second-order valence-electron chi connectivity index (χ2n) is 11.1. The number of imide groups is 1. The molecule has 5 aliphatic heterocycles. The van der Waals surface area contributed by atoms with Gasteiger partial charge in [0, 0.05) is 76.5 Å². The van der Waals surface area contributed by atoms with Crippen molar-refractivity contribution in [3.8, 4) is 0 Å². The summed E-state index contributed by atoms with van der Waals surface area (Å²) in [4.78, 5) is 57.0. The fourth-order valence-corrected chi connectivity index (χ4v) is 7.53. The highest BCUT2D eigenvalue weighted by Crippen LogP contribution is 2.39. The minimum absolute atomic E-state index is 0.122. The smallest absolute Gasteiger partial charge is 0.255 e. The predicted octanol–water partition coefficient (Wildman–Crippen LogP) is 1.81. The lowest BCUT2D eigenvalue weighted by atomic mass is 10.0. The number of piperidine rings is 1. The van der Waals surface area contributed by atoms with Crippen molar-refractivity contribution in [1.82, 2.24) is 25.1 Å². The van der Waals surface area contributed by atoms with E-state index in [1.165, 1.54) is 29.0 Å². The molecule has 3 fully saturated rings. The maximum atomic E-state index is 13.0. The molecular formula is C28H33N7O3S. The van der Waals surface area contributed by atoms with Crippen LogP contribution in [-0.4, -0.2) is 88.6 Å². The second-order valence-corrected chi connectivity index (χ2v) is 12.2. The minimum atomic E-state index is -0.577. The van der Waals surface area contributed by atoms with Gasteiger partial charge in [-0.05, 0) is 36.5 Å². The lowest BCUT2D eigenvalue weighted by Crippen LogP contribution is -2.52. The molecule has 1 aromatic heterocycles. The van der Waals surface area contributed by atoms with Gasteiger partial charge in [-0.1, -0.05) is 12.1 Å². The molecule has 6 heterocycles. The van der Waals surface area contributed by atoms with Gasteiger partial charge in [-0.3, -0.25) is 24.6 Å². The van der Waals surface area contributed by atoms with Crippen LogP contribution in [0.25, 0.3) is 0 Å². The molecule has 0 aliphatic carbocycles. The van der Waals surface area contributed by atoms with Gasteiger partial charge >= 0.3 is 0 Å². The van der Waals surface area contributed by atoms with E-state index in [1.807, 2.05) is 23.9 Å². The summed E-state index contributed by atoms with van der Waals surface area (Å²) < 4.78 is 0. The van der Waals surface area contributed by atoms with Crippen LogP contribution < -0.4 is 15.1 Å².